The highest BCUT2D eigenvalue weighted by molar-refractivity contribution is 6.15. The Labute approximate surface area is 282 Å². The van der Waals surface area contributed by atoms with Gasteiger partial charge in [0.25, 0.3) is 0 Å². The van der Waals surface area contributed by atoms with E-state index in [2.05, 4.69) is 0 Å². The lowest BCUT2D eigenvalue weighted by molar-refractivity contribution is -0.125. The smallest absolute Gasteiger partial charge is 0.337 e. The third-order valence-electron chi connectivity index (χ3n) is 8.24. The normalized spacial score (nSPS) is 11.5. The number of ether oxygens (including phenoxy) is 3. The number of esters is 1. The molecule has 0 saturated heterocycles. The predicted octanol–water partition coefficient (Wildman–Crippen LogP) is 3.65. The number of ketones is 1. The van der Waals surface area contributed by atoms with E-state index in [1.54, 1.807) is 91.0 Å². The van der Waals surface area contributed by atoms with E-state index in [4.69, 9.17) is 19.9 Å². The Hall–Kier alpha value is -6.17. The number of nitrogens with two attached hydrogens (primary N) is 1. The standard InChI is InChI=1S/C37H36N4O8/c1-47-29-16-25(17-30(18-29)48-2)19-39(23-42)21-28(35(38)44)22-40-32-11-7-10-31(34(43)26-8-5-4-6-9-26)33(32)41(37(40)46)20-24-12-14-27(15-13-24)36(45)49-3/h4-18,23,28H,19-22H2,1-3H3,(H2,38,44). The highest BCUT2D eigenvalue weighted by atomic mass is 16.5. The summed E-state index contributed by atoms with van der Waals surface area (Å²) in [6, 6.07) is 25.5. The molecule has 0 saturated carbocycles. The van der Waals surface area contributed by atoms with E-state index in [1.807, 2.05) is 0 Å². The molecule has 5 rings (SSSR count). The van der Waals surface area contributed by atoms with Crippen LogP contribution in [0.5, 0.6) is 11.5 Å². The van der Waals surface area contributed by atoms with Gasteiger partial charge in [0.15, 0.2) is 5.78 Å². The predicted molar refractivity (Wildman–Crippen MR) is 182 cm³/mol. The van der Waals surface area contributed by atoms with Crippen molar-refractivity contribution in [2.24, 2.45) is 11.7 Å². The lowest BCUT2D eigenvalue weighted by Crippen LogP contribution is -2.40. The molecule has 1 unspecified atom stereocenters. The maximum Gasteiger partial charge on any atom is 0.337 e. The Morgan fingerprint density at radius 3 is 2.08 bits per heavy atom. The van der Waals surface area contributed by atoms with Crippen LogP contribution in [0.3, 0.4) is 0 Å². The number of hydrogen-bond acceptors (Lipinski definition) is 8. The molecular weight excluding hydrogens is 628 g/mol. The number of aromatic nitrogens is 2. The number of fused-ring (bicyclic) bond motifs is 1. The average Bonchev–Trinajstić information content (AvgIpc) is 3.39. The molecule has 2 N–H and O–H groups in total. The van der Waals surface area contributed by atoms with Crippen LogP contribution >= 0.6 is 0 Å². The van der Waals surface area contributed by atoms with Gasteiger partial charge in [0.05, 0.1) is 50.4 Å². The number of para-hydroxylation sites is 1. The molecule has 12 heteroatoms. The molecule has 49 heavy (non-hydrogen) atoms. The Bertz CT molecular complexity index is 2030. The molecule has 2 amide bonds. The van der Waals surface area contributed by atoms with Crippen LogP contribution in [0.25, 0.3) is 11.0 Å². The van der Waals surface area contributed by atoms with Gasteiger partial charge < -0.3 is 24.8 Å². The van der Waals surface area contributed by atoms with Crippen molar-refractivity contribution in [3.63, 3.8) is 0 Å². The molecule has 0 bridgehead atoms. The average molecular weight is 665 g/mol. The maximum atomic E-state index is 14.2. The number of primary amides is 1. The summed E-state index contributed by atoms with van der Waals surface area (Å²) in [6.45, 7) is -0.0696. The first kappa shape index (κ1) is 34.2. The van der Waals surface area contributed by atoms with E-state index < -0.39 is 23.5 Å². The molecule has 0 spiro atoms. The molecule has 1 heterocycles. The summed E-state index contributed by atoms with van der Waals surface area (Å²) in [6.07, 6.45) is 0.614. The lowest BCUT2D eigenvalue weighted by Gasteiger charge is -2.23. The third-order valence-corrected chi connectivity index (χ3v) is 8.24. The first-order valence-electron chi connectivity index (χ1n) is 15.4. The van der Waals surface area contributed by atoms with E-state index in [0.717, 1.165) is 0 Å². The van der Waals surface area contributed by atoms with Crippen molar-refractivity contribution in [1.29, 1.82) is 0 Å². The van der Waals surface area contributed by atoms with Gasteiger partial charge in [-0.2, -0.15) is 0 Å². The Morgan fingerprint density at radius 2 is 1.49 bits per heavy atom. The summed E-state index contributed by atoms with van der Waals surface area (Å²) in [4.78, 5) is 66.5. The van der Waals surface area contributed by atoms with E-state index in [9.17, 15) is 24.0 Å². The van der Waals surface area contributed by atoms with Gasteiger partial charge in [-0.15, -0.1) is 0 Å². The number of carbonyl (C=O) groups is 4. The van der Waals surface area contributed by atoms with Crippen molar-refractivity contribution in [3.8, 4) is 11.5 Å². The zero-order chi connectivity index (χ0) is 35.1. The van der Waals surface area contributed by atoms with Crippen LogP contribution in [0.1, 0.15) is 37.4 Å². The number of imidazole rings is 1. The van der Waals surface area contributed by atoms with Crippen LogP contribution in [-0.4, -0.2) is 66.0 Å². The Balaban J connectivity index is 1.55. The van der Waals surface area contributed by atoms with Crippen LogP contribution in [0.15, 0.2) is 95.8 Å². The molecule has 4 aromatic carbocycles. The van der Waals surface area contributed by atoms with Crippen LogP contribution in [-0.2, 0) is 34.0 Å². The number of amides is 2. The topological polar surface area (TPSA) is 152 Å². The fourth-order valence-electron chi connectivity index (χ4n) is 5.75. The molecule has 0 fully saturated rings. The number of carbonyl (C=O) groups excluding carboxylic acids is 4. The van der Waals surface area contributed by atoms with E-state index in [-0.39, 0.29) is 32.0 Å². The first-order valence-corrected chi connectivity index (χ1v) is 15.4. The number of rotatable bonds is 15. The first-order chi connectivity index (χ1) is 23.7. The molecule has 12 nitrogen and oxygen atoms in total. The van der Waals surface area contributed by atoms with E-state index in [0.29, 0.717) is 56.8 Å². The molecular formula is C37H36N4O8. The van der Waals surface area contributed by atoms with Crippen molar-refractivity contribution < 1.29 is 33.4 Å². The Morgan fingerprint density at radius 1 is 0.816 bits per heavy atom. The van der Waals surface area contributed by atoms with E-state index in [1.165, 1.54) is 35.4 Å². The third kappa shape index (κ3) is 7.54. The van der Waals surface area contributed by atoms with Crippen LogP contribution < -0.4 is 20.9 Å². The van der Waals surface area contributed by atoms with Gasteiger partial charge in [-0.3, -0.25) is 23.5 Å². The van der Waals surface area contributed by atoms with Gasteiger partial charge in [0, 0.05) is 36.8 Å². The number of benzene rings is 4. The fourth-order valence-corrected chi connectivity index (χ4v) is 5.75. The number of nitrogens with zero attached hydrogens (tertiary/aromatic N) is 3. The summed E-state index contributed by atoms with van der Waals surface area (Å²) in [5, 5.41) is 0. The van der Waals surface area contributed by atoms with Gasteiger partial charge in [0.2, 0.25) is 12.3 Å². The van der Waals surface area contributed by atoms with Crippen molar-refractivity contribution in [2.75, 3.05) is 27.9 Å². The maximum absolute atomic E-state index is 14.2. The van der Waals surface area contributed by atoms with Gasteiger partial charge in [-0.1, -0.05) is 48.5 Å². The second-order valence-corrected chi connectivity index (χ2v) is 11.4. The fraction of sp³-hybridized carbons (Fsp3) is 0.216. The SMILES string of the molecule is COC(=O)c1ccc(Cn2c(=O)n(CC(CN(C=O)Cc3cc(OC)cc(OC)c3)C(N)=O)c3cccc(C(=O)c4ccccc4)c32)cc1. The van der Waals surface area contributed by atoms with Crippen LogP contribution in [0.4, 0.5) is 0 Å². The minimum absolute atomic E-state index is 0.0578. The lowest BCUT2D eigenvalue weighted by atomic mass is 10.0. The highest BCUT2D eigenvalue weighted by Gasteiger charge is 2.26. The zero-order valence-corrected chi connectivity index (χ0v) is 27.3. The van der Waals surface area contributed by atoms with Gasteiger partial charge in [0.1, 0.15) is 11.5 Å². The van der Waals surface area contributed by atoms with Crippen molar-refractivity contribution >= 4 is 35.1 Å². The molecule has 0 aliphatic rings. The summed E-state index contributed by atoms with van der Waals surface area (Å²) >= 11 is 0. The second kappa shape index (κ2) is 15.2. The largest absolute Gasteiger partial charge is 0.497 e. The van der Waals surface area contributed by atoms with Gasteiger partial charge in [-0.25, -0.2) is 9.59 Å². The second-order valence-electron chi connectivity index (χ2n) is 11.4. The molecule has 0 aliphatic carbocycles. The Kier molecular flexibility index (Phi) is 10.6. The number of methoxy groups -OCH3 is 3. The molecule has 0 radical (unpaired) electrons. The summed E-state index contributed by atoms with van der Waals surface area (Å²) in [5.41, 5.74) is 8.63. The molecule has 1 atom stereocenters. The van der Waals surface area contributed by atoms with Crippen molar-refractivity contribution in [3.05, 3.63) is 129 Å². The van der Waals surface area contributed by atoms with Crippen molar-refractivity contribution in [1.82, 2.24) is 14.0 Å². The van der Waals surface area contributed by atoms with Crippen molar-refractivity contribution in [2.45, 2.75) is 19.6 Å². The monoisotopic (exact) mass is 664 g/mol. The molecule has 0 aliphatic heterocycles. The van der Waals surface area contributed by atoms with E-state index >= 15 is 0 Å². The summed E-state index contributed by atoms with van der Waals surface area (Å²) in [7, 11) is 4.33. The minimum atomic E-state index is -0.970. The molecule has 252 valence electrons. The molecule has 5 aromatic rings. The highest BCUT2D eigenvalue weighted by Crippen LogP contribution is 2.25. The molecule has 1 aromatic heterocycles. The van der Waals surface area contributed by atoms with Gasteiger partial charge >= 0.3 is 11.7 Å². The van der Waals surface area contributed by atoms with Crippen LogP contribution in [0.2, 0.25) is 0 Å². The summed E-state index contributed by atoms with van der Waals surface area (Å²) in [5.74, 6) is -1.40. The van der Waals surface area contributed by atoms with Gasteiger partial charge in [-0.05, 0) is 47.5 Å². The minimum Gasteiger partial charge on any atom is -0.497 e. The zero-order valence-electron chi connectivity index (χ0n) is 27.3. The quantitative estimate of drug-likeness (QED) is 0.101. The summed E-state index contributed by atoms with van der Waals surface area (Å²) < 4.78 is 18.4. The number of hydrogen-bond donors (Lipinski definition) is 1. The van der Waals surface area contributed by atoms with Crippen LogP contribution in [0, 0.1) is 5.92 Å².